The molecule has 4 rings (SSSR count). The largest absolute Gasteiger partial charge is 0.356 e. The van der Waals surface area contributed by atoms with Crippen molar-refractivity contribution in [3.05, 3.63) is 24.3 Å². The molecule has 0 bridgehead atoms. The summed E-state index contributed by atoms with van der Waals surface area (Å²) in [6.45, 7) is 0.146. The lowest BCUT2D eigenvalue weighted by Gasteiger charge is -2.16. The molecule has 3 aliphatic heterocycles. The number of thioether (sulfide) groups is 1. The third-order valence-electron chi connectivity index (χ3n) is 8.36. The highest BCUT2D eigenvalue weighted by molar-refractivity contribution is 8.00. The number of carbonyl (C=O) groups is 7. The van der Waals surface area contributed by atoms with E-state index in [-0.39, 0.29) is 74.1 Å². The lowest BCUT2D eigenvalue weighted by molar-refractivity contribution is -0.126. The highest BCUT2D eigenvalue weighted by atomic mass is 32.2. The number of Topliss-reactive ketones (excluding diaryl/α,β-unsaturated/α-hetero) is 1. The number of amides is 7. The average Bonchev–Trinajstić information content (AvgIpc) is 3.64. The van der Waals surface area contributed by atoms with Crippen LogP contribution >= 0.6 is 11.8 Å². The van der Waals surface area contributed by atoms with Gasteiger partial charge in [-0.05, 0) is 56.4 Å². The highest BCUT2D eigenvalue weighted by Crippen LogP contribution is 2.33. The zero-order valence-electron chi connectivity index (χ0n) is 27.0. The normalized spacial score (nSPS) is 22.1. The second-order valence-electron chi connectivity index (χ2n) is 12.2. The monoisotopic (exact) mass is 686 g/mol. The average molecular weight is 687 g/mol. The Labute approximate surface area is 284 Å². The van der Waals surface area contributed by atoms with Crippen LogP contribution in [0.1, 0.15) is 64.2 Å². The Balaban J connectivity index is 1.01. The number of rotatable bonds is 16. The highest BCUT2D eigenvalue weighted by Gasteiger charge is 2.42. The minimum absolute atomic E-state index is 0.0400. The van der Waals surface area contributed by atoms with Crippen LogP contribution in [0.2, 0.25) is 0 Å². The Bertz CT molecular complexity index is 1310. The van der Waals surface area contributed by atoms with Crippen molar-refractivity contribution in [3.63, 3.8) is 0 Å². The van der Waals surface area contributed by atoms with Crippen LogP contribution in [0.5, 0.6) is 0 Å². The molecule has 3 aliphatic rings. The van der Waals surface area contributed by atoms with Crippen molar-refractivity contribution in [1.29, 1.82) is 0 Å². The summed E-state index contributed by atoms with van der Waals surface area (Å²) in [5.74, 6) is -0.634. The van der Waals surface area contributed by atoms with Crippen molar-refractivity contribution < 1.29 is 33.6 Å². The maximum atomic E-state index is 12.5. The number of anilines is 2. The topological polar surface area (TPSA) is 216 Å². The number of unbranched alkanes of at least 4 members (excludes halogenated alkanes) is 3. The third-order valence-corrected chi connectivity index (χ3v) is 9.87. The number of nitrogens with one attached hydrogen (secondary N) is 8. The zero-order valence-corrected chi connectivity index (χ0v) is 27.8. The Kier molecular flexibility index (Phi) is 14.5. The van der Waals surface area contributed by atoms with E-state index in [1.165, 1.54) is 0 Å². The van der Waals surface area contributed by atoms with Crippen molar-refractivity contribution in [2.75, 3.05) is 42.6 Å². The first kappa shape index (κ1) is 36.7. The van der Waals surface area contributed by atoms with E-state index >= 15 is 0 Å². The second-order valence-corrected chi connectivity index (χ2v) is 13.5. The molecule has 4 unspecified atom stereocenters. The molecule has 8 N–H and O–H groups in total. The summed E-state index contributed by atoms with van der Waals surface area (Å²) in [5.41, 5.74) is 1.07. The summed E-state index contributed by atoms with van der Waals surface area (Å²) in [4.78, 5) is 84.2. The van der Waals surface area contributed by atoms with Crippen LogP contribution in [-0.4, -0.2) is 96.7 Å². The Morgan fingerprint density at radius 2 is 1.50 bits per heavy atom. The van der Waals surface area contributed by atoms with E-state index in [0.29, 0.717) is 42.4 Å². The predicted molar refractivity (Wildman–Crippen MR) is 181 cm³/mol. The molecule has 3 saturated heterocycles. The van der Waals surface area contributed by atoms with Gasteiger partial charge in [-0.15, -0.1) is 0 Å². The first-order valence-corrected chi connectivity index (χ1v) is 17.7. The molecule has 48 heavy (non-hydrogen) atoms. The molecule has 15 nitrogen and oxygen atoms in total. The molecule has 16 heteroatoms. The summed E-state index contributed by atoms with van der Waals surface area (Å²) >= 11 is 1.88. The lowest BCUT2D eigenvalue weighted by Crippen LogP contribution is -2.47. The van der Waals surface area contributed by atoms with Gasteiger partial charge >= 0.3 is 6.03 Å². The van der Waals surface area contributed by atoms with Crippen LogP contribution < -0.4 is 42.5 Å². The summed E-state index contributed by atoms with van der Waals surface area (Å²) < 4.78 is 0. The number of hydrogen-bond acceptors (Lipinski definition) is 9. The molecule has 1 aromatic carbocycles. The molecule has 3 heterocycles. The van der Waals surface area contributed by atoms with Crippen LogP contribution in [0.4, 0.5) is 16.2 Å². The van der Waals surface area contributed by atoms with Crippen molar-refractivity contribution in [2.45, 2.75) is 87.6 Å². The van der Waals surface area contributed by atoms with Crippen molar-refractivity contribution >= 4 is 64.5 Å². The number of hydrogen-bond donors (Lipinski definition) is 8. The lowest BCUT2D eigenvalue weighted by atomic mass is 10.0. The van der Waals surface area contributed by atoms with Gasteiger partial charge in [-0.1, -0.05) is 12.8 Å². The van der Waals surface area contributed by atoms with E-state index < -0.39 is 17.9 Å². The maximum absolute atomic E-state index is 12.5. The number of urea groups is 1. The Hall–Kier alpha value is -4.18. The molecular weight excluding hydrogens is 640 g/mol. The van der Waals surface area contributed by atoms with Crippen LogP contribution in [0.25, 0.3) is 0 Å². The molecular formula is C32H46N8O7S. The molecule has 3 fully saturated rings. The zero-order chi connectivity index (χ0) is 34.3. The first-order chi connectivity index (χ1) is 23.2. The number of benzene rings is 1. The molecule has 0 saturated carbocycles. The van der Waals surface area contributed by atoms with Gasteiger partial charge in [0.15, 0.2) is 5.78 Å². The molecule has 4 atom stereocenters. The van der Waals surface area contributed by atoms with Gasteiger partial charge < -0.3 is 37.2 Å². The summed E-state index contributed by atoms with van der Waals surface area (Å²) in [7, 11) is 0. The summed E-state index contributed by atoms with van der Waals surface area (Å²) in [5, 5.41) is 22.6. The third kappa shape index (κ3) is 12.4. The molecule has 7 amide bonds. The van der Waals surface area contributed by atoms with Gasteiger partial charge in [0.1, 0.15) is 0 Å². The number of ketones is 1. The van der Waals surface area contributed by atoms with Gasteiger partial charge in [0.25, 0.3) is 0 Å². The number of carbonyl (C=O) groups excluding carboxylic acids is 7. The second kappa shape index (κ2) is 19.0. The van der Waals surface area contributed by atoms with E-state index in [0.717, 1.165) is 37.9 Å². The van der Waals surface area contributed by atoms with E-state index in [2.05, 4.69) is 42.5 Å². The van der Waals surface area contributed by atoms with Gasteiger partial charge in [-0.3, -0.25) is 34.1 Å². The quantitative estimate of drug-likeness (QED) is 0.0898. The van der Waals surface area contributed by atoms with Gasteiger partial charge in [0.05, 0.1) is 37.8 Å². The van der Waals surface area contributed by atoms with Gasteiger partial charge in [0.2, 0.25) is 29.5 Å². The minimum atomic E-state index is -0.770. The molecule has 0 radical (unpaired) electrons. The van der Waals surface area contributed by atoms with Crippen molar-refractivity contribution in [2.24, 2.45) is 0 Å². The van der Waals surface area contributed by atoms with E-state index in [1.54, 1.807) is 24.3 Å². The smallest absolute Gasteiger partial charge is 0.315 e. The molecule has 0 aromatic heterocycles. The minimum Gasteiger partial charge on any atom is -0.356 e. The van der Waals surface area contributed by atoms with Crippen molar-refractivity contribution in [3.8, 4) is 0 Å². The van der Waals surface area contributed by atoms with E-state index in [1.807, 2.05) is 11.8 Å². The van der Waals surface area contributed by atoms with Gasteiger partial charge in [0, 0.05) is 48.2 Å². The summed E-state index contributed by atoms with van der Waals surface area (Å²) in [6, 6.07) is 6.17. The maximum Gasteiger partial charge on any atom is 0.315 e. The van der Waals surface area contributed by atoms with Crippen molar-refractivity contribution in [1.82, 2.24) is 31.9 Å². The Morgan fingerprint density at radius 3 is 2.27 bits per heavy atom. The van der Waals surface area contributed by atoms with Crippen LogP contribution in [0.3, 0.4) is 0 Å². The van der Waals surface area contributed by atoms with Crippen LogP contribution in [0.15, 0.2) is 24.3 Å². The Morgan fingerprint density at radius 1 is 0.792 bits per heavy atom. The fourth-order valence-electron chi connectivity index (χ4n) is 5.72. The number of fused-ring (bicyclic) bond motifs is 1. The van der Waals surface area contributed by atoms with Crippen LogP contribution in [0, 0.1) is 0 Å². The molecule has 1 aromatic rings. The molecule has 0 spiro atoms. The van der Waals surface area contributed by atoms with E-state index in [4.69, 9.17) is 0 Å². The van der Waals surface area contributed by atoms with Gasteiger partial charge in [-0.25, -0.2) is 4.79 Å². The molecule has 262 valence electrons. The fraction of sp³-hybridized carbons (Fsp3) is 0.594. The first-order valence-electron chi connectivity index (χ1n) is 16.6. The standard InChI is InChI=1S/C32H46N8O7S/c41-22-16-34-23(13-14-27(43)35-17-22)31(46)36-18-29(45)38-21-11-9-20(10-12-21)37-28(44)8-2-1-5-15-33-26(42)7-4-3-6-25-30-24(19-48-25)39-32(47)40-30/h9-12,23-25,30,34H,1-8,13-19H2,(H,33,42)(H,35,43)(H,36,46)(H,37,44)(H,38,45)(H2,39,40,47). The fourth-order valence-corrected chi connectivity index (χ4v) is 7.26. The van der Waals surface area contributed by atoms with Gasteiger partial charge in [-0.2, -0.15) is 11.8 Å². The predicted octanol–water partition coefficient (Wildman–Crippen LogP) is 0.520. The van der Waals surface area contributed by atoms with E-state index in [9.17, 15) is 33.6 Å². The summed E-state index contributed by atoms with van der Waals surface area (Å²) in [6.07, 6.45) is 6.15. The molecule has 0 aliphatic carbocycles. The van der Waals surface area contributed by atoms with Crippen LogP contribution in [-0.2, 0) is 28.8 Å². The SMILES string of the molecule is O=C1CNC(=O)CCC(C(=O)NCC(=O)Nc2ccc(NC(=O)CCCCCNC(=O)CCCCC3SCC4NC(=O)NC43)cc2)NC1.